The minimum atomic E-state index is -0.494. The van der Waals surface area contributed by atoms with Crippen LogP contribution in [0.2, 0.25) is 0 Å². The number of hydrogen-bond donors (Lipinski definition) is 0. The zero-order chi connectivity index (χ0) is 26.9. The van der Waals surface area contributed by atoms with Crippen LogP contribution >= 0.6 is 0 Å². The number of fused-ring (bicyclic) bond motifs is 6. The van der Waals surface area contributed by atoms with Crippen molar-refractivity contribution < 1.29 is 0 Å². The number of benzene rings is 5. The molecule has 4 nitrogen and oxygen atoms in total. The Morgan fingerprint density at radius 3 is 2.61 bits per heavy atom. The summed E-state index contributed by atoms with van der Waals surface area (Å²) in [6.07, 6.45) is 8.04. The van der Waals surface area contributed by atoms with Gasteiger partial charge in [-0.3, -0.25) is 14.6 Å². The van der Waals surface area contributed by atoms with E-state index in [1.807, 2.05) is 0 Å². The first-order valence-electron chi connectivity index (χ1n) is 14.6. The van der Waals surface area contributed by atoms with Gasteiger partial charge in [0.05, 0.1) is 21.7 Å². The number of imidazole rings is 1. The molecule has 5 aromatic carbocycles. The second kappa shape index (κ2) is 7.46. The highest BCUT2D eigenvalue weighted by Crippen LogP contribution is 2.52. The molecule has 41 heavy (non-hydrogen) atoms. The van der Waals surface area contributed by atoms with Gasteiger partial charge in [-0.1, -0.05) is 72.8 Å². The number of nitrogens with zero attached hydrogens (tertiary/aromatic N) is 4. The van der Waals surface area contributed by atoms with Gasteiger partial charge in [-0.25, -0.2) is 4.98 Å². The summed E-state index contributed by atoms with van der Waals surface area (Å²) in [5, 5.41) is 7.05. The van der Waals surface area contributed by atoms with Gasteiger partial charge >= 0.3 is 0 Å². The maximum Gasteiger partial charge on any atom is 0.145 e. The van der Waals surface area contributed by atoms with E-state index in [0.29, 0.717) is 11.8 Å². The van der Waals surface area contributed by atoms with Gasteiger partial charge in [-0.15, -0.1) is 0 Å². The molecular formula is C37H26N4. The summed E-state index contributed by atoms with van der Waals surface area (Å²) < 4.78 is 2.38. The maximum absolute atomic E-state index is 5.56. The van der Waals surface area contributed by atoms with Crippen molar-refractivity contribution >= 4 is 38.3 Å². The Bertz CT molecular complexity index is 2340. The average Bonchev–Trinajstić information content (AvgIpc) is 3.71. The molecule has 1 aromatic heterocycles. The Morgan fingerprint density at radius 1 is 0.829 bits per heavy atom. The van der Waals surface area contributed by atoms with E-state index in [0.717, 1.165) is 33.1 Å². The van der Waals surface area contributed by atoms with Crippen LogP contribution in [0.1, 0.15) is 30.5 Å². The molecule has 1 fully saturated rings. The second-order valence-corrected chi connectivity index (χ2v) is 12.2. The smallest absolute Gasteiger partial charge is 0.145 e. The number of hydrogen-bond acceptors (Lipinski definition) is 3. The van der Waals surface area contributed by atoms with E-state index < -0.39 is 5.54 Å². The van der Waals surface area contributed by atoms with Crippen LogP contribution in [0, 0.1) is 11.8 Å². The predicted octanol–water partition coefficient (Wildman–Crippen LogP) is 7.28. The molecule has 3 aliphatic carbocycles. The Labute approximate surface area is 236 Å². The quantitative estimate of drug-likeness (QED) is 0.219. The lowest BCUT2D eigenvalue weighted by Crippen LogP contribution is -2.42. The Hall–Kier alpha value is -4.83. The summed E-state index contributed by atoms with van der Waals surface area (Å²) in [6.45, 7) is 2.27. The van der Waals surface area contributed by atoms with Crippen molar-refractivity contribution in [3.8, 4) is 11.4 Å². The maximum atomic E-state index is 5.56. The average molecular weight is 527 g/mol. The third-order valence-electron chi connectivity index (χ3n) is 9.81. The SMILES string of the molecule is CC12N=c3cc(-c4nc5ccccc5n4C4=CC=CC5CC45)ccc3=NC1c1cccc3ccc4cccc2c4c13. The highest BCUT2D eigenvalue weighted by Gasteiger charge is 2.44. The van der Waals surface area contributed by atoms with Gasteiger partial charge in [0.2, 0.25) is 0 Å². The zero-order valence-electron chi connectivity index (χ0n) is 22.6. The van der Waals surface area contributed by atoms with Crippen molar-refractivity contribution in [3.63, 3.8) is 0 Å². The van der Waals surface area contributed by atoms with Crippen LogP contribution in [0.5, 0.6) is 0 Å². The fourth-order valence-electron chi connectivity index (χ4n) is 7.76. The molecule has 1 aliphatic heterocycles. The summed E-state index contributed by atoms with van der Waals surface area (Å²) in [6, 6.07) is 32.7. The molecule has 0 amide bonds. The second-order valence-electron chi connectivity index (χ2n) is 12.2. The number of rotatable bonds is 2. The zero-order valence-corrected chi connectivity index (χ0v) is 22.6. The predicted molar refractivity (Wildman–Crippen MR) is 164 cm³/mol. The summed E-state index contributed by atoms with van der Waals surface area (Å²) in [5.74, 6) is 2.20. The first kappa shape index (κ1) is 21.9. The normalized spacial score (nSPS) is 24.9. The van der Waals surface area contributed by atoms with Gasteiger partial charge in [0.15, 0.2) is 0 Å². The molecule has 4 atom stereocenters. The fraction of sp³-hybridized carbons (Fsp3) is 0.162. The van der Waals surface area contributed by atoms with E-state index in [1.165, 1.54) is 44.8 Å². The van der Waals surface area contributed by atoms with Crippen LogP contribution in [0.25, 0.3) is 49.7 Å². The Balaban J connectivity index is 1.23. The Kier molecular flexibility index (Phi) is 3.99. The Morgan fingerprint density at radius 2 is 1.68 bits per heavy atom. The van der Waals surface area contributed by atoms with Crippen molar-refractivity contribution in [2.24, 2.45) is 21.8 Å². The number of allylic oxidation sites excluding steroid dienone is 4. The van der Waals surface area contributed by atoms with E-state index in [4.69, 9.17) is 15.0 Å². The summed E-state index contributed by atoms with van der Waals surface area (Å²) in [7, 11) is 0. The summed E-state index contributed by atoms with van der Waals surface area (Å²) >= 11 is 0. The van der Waals surface area contributed by atoms with Crippen LogP contribution in [-0.2, 0) is 5.54 Å². The monoisotopic (exact) mass is 526 g/mol. The van der Waals surface area contributed by atoms with Crippen LogP contribution in [0.15, 0.2) is 119 Å². The molecule has 2 heterocycles. The topological polar surface area (TPSA) is 42.5 Å². The number of aromatic nitrogens is 2. The standard InChI is InChI=1S/C37H26N4/c1-37-27-11-5-8-22-16-15-21-7-4-10-25(33(21)34(22)27)35(37)38-28-18-17-24(20-30(28)40-37)36-39-29-12-2-3-13-32(29)41(36)31-14-6-9-23-19-26(23)31/h2-18,20,23,26,35H,19H2,1H3. The van der Waals surface area contributed by atoms with Crippen molar-refractivity contribution in [2.75, 3.05) is 0 Å². The van der Waals surface area contributed by atoms with Crippen molar-refractivity contribution in [1.29, 1.82) is 0 Å². The summed E-state index contributed by atoms with van der Waals surface area (Å²) in [5.41, 5.74) is 6.63. The van der Waals surface area contributed by atoms with Crippen molar-refractivity contribution in [2.45, 2.75) is 24.9 Å². The van der Waals surface area contributed by atoms with E-state index in [-0.39, 0.29) is 6.04 Å². The minimum Gasteiger partial charge on any atom is -0.296 e. The summed E-state index contributed by atoms with van der Waals surface area (Å²) in [4.78, 5) is 16.1. The van der Waals surface area contributed by atoms with Gasteiger partial charge in [-0.05, 0) is 88.3 Å². The van der Waals surface area contributed by atoms with Crippen LogP contribution in [0.4, 0.5) is 0 Å². The first-order chi connectivity index (χ1) is 20.2. The number of para-hydroxylation sites is 2. The van der Waals surface area contributed by atoms with Crippen LogP contribution < -0.4 is 10.7 Å². The molecular weight excluding hydrogens is 500 g/mol. The molecule has 0 bridgehead atoms. The van der Waals surface area contributed by atoms with Gasteiger partial charge in [0.25, 0.3) is 0 Å². The van der Waals surface area contributed by atoms with Gasteiger partial charge in [0, 0.05) is 17.2 Å². The van der Waals surface area contributed by atoms with E-state index in [9.17, 15) is 0 Å². The van der Waals surface area contributed by atoms with E-state index in [2.05, 4.69) is 121 Å². The largest absolute Gasteiger partial charge is 0.296 e. The molecule has 4 unspecified atom stereocenters. The van der Waals surface area contributed by atoms with Crippen molar-refractivity contribution in [1.82, 2.24) is 9.55 Å². The highest BCUT2D eigenvalue weighted by atomic mass is 15.1. The van der Waals surface area contributed by atoms with E-state index in [1.54, 1.807) is 0 Å². The van der Waals surface area contributed by atoms with Crippen molar-refractivity contribution in [3.05, 3.63) is 131 Å². The molecule has 194 valence electrons. The molecule has 1 saturated carbocycles. The van der Waals surface area contributed by atoms with Gasteiger partial charge in [0.1, 0.15) is 17.4 Å². The lowest BCUT2D eigenvalue weighted by Gasteiger charge is -2.39. The first-order valence-corrected chi connectivity index (χ1v) is 14.6. The lowest BCUT2D eigenvalue weighted by molar-refractivity contribution is 0.375. The third kappa shape index (κ3) is 2.82. The fourth-order valence-corrected chi connectivity index (χ4v) is 7.76. The van der Waals surface area contributed by atoms with Gasteiger partial charge in [-0.2, -0.15) is 0 Å². The lowest BCUT2D eigenvalue weighted by atomic mass is 9.72. The van der Waals surface area contributed by atoms with Gasteiger partial charge < -0.3 is 0 Å². The third-order valence-corrected chi connectivity index (χ3v) is 9.81. The molecule has 6 aromatic rings. The molecule has 10 rings (SSSR count). The molecule has 0 spiro atoms. The van der Waals surface area contributed by atoms with Crippen LogP contribution in [0.3, 0.4) is 0 Å². The molecule has 0 radical (unpaired) electrons. The molecule has 0 N–H and O–H groups in total. The highest BCUT2D eigenvalue weighted by molar-refractivity contribution is 6.12. The van der Waals surface area contributed by atoms with E-state index >= 15 is 0 Å². The minimum absolute atomic E-state index is 0.0689. The molecule has 4 heteroatoms. The molecule has 4 aliphatic rings. The molecule has 0 saturated heterocycles. The van der Waals surface area contributed by atoms with Crippen LogP contribution in [-0.4, -0.2) is 9.55 Å².